The molecule has 0 radical (unpaired) electrons. The van der Waals surface area contributed by atoms with Crippen LogP contribution in [0.25, 0.3) is 0 Å². The van der Waals surface area contributed by atoms with Crippen molar-refractivity contribution in [3.05, 3.63) is 29.6 Å². The zero-order valence-electron chi connectivity index (χ0n) is 13.6. The molecule has 6 heteroatoms. The van der Waals surface area contributed by atoms with Crippen molar-refractivity contribution in [2.45, 2.75) is 39.2 Å². The number of carbonyl (C=O) groups excluding carboxylic acids is 2. The Morgan fingerprint density at radius 1 is 1.30 bits per heavy atom. The highest BCUT2D eigenvalue weighted by atomic mass is 19.1. The summed E-state index contributed by atoms with van der Waals surface area (Å²) < 4.78 is 14.1. The average molecular weight is 321 g/mol. The van der Waals surface area contributed by atoms with Crippen molar-refractivity contribution in [1.29, 1.82) is 0 Å². The number of amides is 2. The molecule has 0 saturated carbocycles. The summed E-state index contributed by atoms with van der Waals surface area (Å²) in [6.07, 6.45) is 2.08. The van der Waals surface area contributed by atoms with Crippen LogP contribution in [-0.4, -0.2) is 30.9 Å². The van der Waals surface area contributed by atoms with Crippen LogP contribution in [0.2, 0.25) is 0 Å². The van der Waals surface area contributed by atoms with E-state index in [0.29, 0.717) is 6.42 Å². The normalized spacial score (nSPS) is 15.5. The molecule has 1 saturated heterocycles. The summed E-state index contributed by atoms with van der Waals surface area (Å²) in [5.41, 5.74) is 0.372. The lowest BCUT2D eigenvalue weighted by Gasteiger charge is -2.23. The number of hydrogen-bond acceptors (Lipinski definition) is 3. The standard InChI is InChI=1S/C17H24FN3O2/c1-11(2)9-16(22)21-15-4-3-12(10-14(15)18)17(23)20-13-5-7-19-8-6-13/h3-4,10-11,13,19H,5-9H2,1-2H3,(H,20,23)(H,21,22). The van der Waals surface area contributed by atoms with E-state index in [9.17, 15) is 14.0 Å². The highest BCUT2D eigenvalue weighted by Crippen LogP contribution is 2.17. The minimum Gasteiger partial charge on any atom is -0.349 e. The fourth-order valence-electron chi connectivity index (χ4n) is 2.56. The SMILES string of the molecule is CC(C)CC(=O)Nc1ccc(C(=O)NC2CCNCC2)cc1F. The topological polar surface area (TPSA) is 70.2 Å². The second kappa shape index (κ2) is 8.06. The second-order valence-corrected chi connectivity index (χ2v) is 6.34. The molecule has 5 nitrogen and oxygen atoms in total. The summed E-state index contributed by atoms with van der Waals surface area (Å²) in [5.74, 6) is -0.908. The van der Waals surface area contributed by atoms with Gasteiger partial charge in [-0.1, -0.05) is 13.8 Å². The van der Waals surface area contributed by atoms with Gasteiger partial charge in [-0.15, -0.1) is 0 Å². The fourth-order valence-corrected chi connectivity index (χ4v) is 2.56. The lowest BCUT2D eigenvalue weighted by molar-refractivity contribution is -0.116. The van der Waals surface area contributed by atoms with Crippen LogP contribution in [0, 0.1) is 11.7 Å². The molecule has 3 N–H and O–H groups in total. The van der Waals surface area contributed by atoms with Gasteiger partial charge in [0.05, 0.1) is 5.69 Å². The summed E-state index contributed by atoms with van der Waals surface area (Å²) in [6, 6.07) is 4.26. The molecule has 0 atom stereocenters. The van der Waals surface area contributed by atoms with Gasteiger partial charge in [0, 0.05) is 18.0 Å². The molecule has 1 aromatic carbocycles. The molecule has 2 rings (SSSR count). The number of nitrogens with one attached hydrogen (secondary N) is 3. The largest absolute Gasteiger partial charge is 0.349 e. The molecular weight excluding hydrogens is 297 g/mol. The van der Waals surface area contributed by atoms with Gasteiger partial charge in [-0.3, -0.25) is 9.59 Å². The number of benzene rings is 1. The highest BCUT2D eigenvalue weighted by Gasteiger charge is 2.17. The van der Waals surface area contributed by atoms with Crippen LogP contribution >= 0.6 is 0 Å². The summed E-state index contributed by atoms with van der Waals surface area (Å²) in [5, 5.41) is 8.68. The highest BCUT2D eigenvalue weighted by molar-refractivity contribution is 5.96. The third-order valence-corrected chi connectivity index (χ3v) is 3.77. The zero-order chi connectivity index (χ0) is 16.8. The predicted octanol–water partition coefficient (Wildman–Crippen LogP) is 2.29. The van der Waals surface area contributed by atoms with Crippen LogP contribution in [0.3, 0.4) is 0 Å². The third-order valence-electron chi connectivity index (χ3n) is 3.77. The molecule has 2 amide bonds. The van der Waals surface area contributed by atoms with E-state index in [1.165, 1.54) is 18.2 Å². The first-order valence-electron chi connectivity index (χ1n) is 8.06. The van der Waals surface area contributed by atoms with Crippen LogP contribution in [0.5, 0.6) is 0 Å². The van der Waals surface area contributed by atoms with E-state index in [-0.39, 0.29) is 35.0 Å². The van der Waals surface area contributed by atoms with E-state index in [0.717, 1.165) is 25.9 Å². The van der Waals surface area contributed by atoms with Crippen molar-refractivity contribution in [1.82, 2.24) is 10.6 Å². The van der Waals surface area contributed by atoms with Crippen molar-refractivity contribution in [3.8, 4) is 0 Å². The van der Waals surface area contributed by atoms with Crippen LogP contribution in [0.1, 0.15) is 43.5 Å². The van der Waals surface area contributed by atoms with E-state index in [2.05, 4.69) is 16.0 Å². The Balaban J connectivity index is 1.97. The Kier molecular flexibility index (Phi) is 6.10. The smallest absolute Gasteiger partial charge is 0.251 e. The molecule has 1 heterocycles. The van der Waals surface area contributed by atoms with Gasteiger partial charge in [-0.05, 0) is 50.0 Å². The Hall–Kier alpha value is -1.95. The molecule has 0 aliphatic carbocycles. The van der Waals surface area contributed by atoms with Crippen molar-refractivity contribution in [2.24, 2.45) is 5.92 Å². The van der Waals surface area contributed by atoms with Gasteiger partial charge in [-0.2, -0.15) is 0 Å². The monoisotopic (exact) mass is 321 g/mol. The Labute approximate surface area is 136 Å². The lowest BCUT2D eigenvalue weighted by atomic mass is 10.1. The van der Waals surface area contributed by atoms with Crippen molar-refractivity contribution >= 4 is 17.5 Å². The first-order valence-corrected chi connectivity index (χ1v) is 8.06. The van der Waals surface area contributed by atoms with Gasteiger partial charge < -0.3 is 16.0 Å². The van der Waals surface area contributed by atoms with Gasteiger partial charge >= 0.3 is 0 Å². The number of hydrogen-bond donors (Lipinski definition) is 3. The first-order chi connectivity index (χ1) is 11.0. The third kappa shape index (κ3) is 5.32. The van der Waals surface area contributed by atoms with Crippen molar-refractivity contribution in [2.75, 3.05) is 18.4 Å². The Bertz CT molecular complexity index is 569. The van der Waals surface area contributed by atoms with Gasteiger partial charge in [0.15, 0.2) is 0 Å². The zero-order valence-corrected chi connectivity index (χ0v) is 13.6. The molecule has 1 fully saturated rings. The van der Waals surface area contributed by atoms with Crippen LogP contribution in [-0.2, 0) is 4.79 Å². The molecule has 0 spiro atoms. The van der Waals surface area contributed by atoms with E-state index < -0.39 is 5.82 Å². The summed E-state index contributed by atoms with van der Waals surface area (Å²) >= 11 is 0. The molecule has 126 valence electrons. The number of anilines is 1. The molecule has 1 aliphatic heterocycles. The van der Waals surface area contributed by atoms with Crippen LogP contribution in [0.4, 0.5) is 10.1 Å². The summed E-state index contributed by atoms with van der Waals surface area (Å²) in [7, 11) is 0. The van der Waals surface area contributed by atoms with Crippen LogP contribution in [0.15, 0.2) is 18.2 Å². The number of carbonyl (C=O) groups is 2. The Morgan fingerprint density at radius 3 is 2.61 bits per heavy atom. The maximum atomic E-state index is 14.1. The van der Waals surface area contributed by atoms with E-state index in [1.54, 1.807) is 0 Å². The molecular formula is C17H24FN3O2. The molecule has 0 aromatic heterocycles. The van der Waals surface area contributed by atoms with Gasteiger partial charge in [-0.25, -0.2) is 4.39 Å². The number of halogens is 1. The van der Waals surface area contributed by atoms with Crippen molar-refractivity contribution in [3.63, 3.8) is 0 Å². The maximum absolute atomic E-state index is 14.1. The van der Waals surface area contributed by atoms with Gasteiger partial charge in [0.25, 0.3) is 5.91 Å². The van der Waals surface area contributed by atoms with E-state index in [4.69, 9.17) is 0 Å². The molecule has 1 aliphatic rings. The first kappa shape index (κ1) is 17.4. The molecule has 0 unspecified atom stereocenters. The number of piperidine rings is 1. The van der Waals surface area contributed by atoms with Gasteiger partial charge in [0.2, 0.25) is 5.91 Å². The number of rotatable bonds is 5. The van der Waals surface area contributed by atoms with Crippen LogP contribution < -0.4 is 16.0 Å². The fraction of sp³-hybridized carbons (Fsp3) is 0.529. The minimum absolute atomic E-state index is 0.106. The molecule has 23 heavy (non-hydrogen) atoms. The quantitative estimate of drug-likeness (QED) is 0.779. The average Bonchev–Trinajstić information content (AvgIpc) is 2.49. The van der Waals surface area contributed by atoms with Crippen molar-refractivity contribution < 1.29 is 14.0 Å². The maximum Gasteiger partial charge on any atom is 0.251 e. The second-order valence-electron chi connectivity index (χ2n) is 6.34. The summed E-state index contributed by atoms with van der Waals surface area (Å²) in [6.45, 7) is 5.59. The van der Waals surface area contributed by atoms with E-state index >= 15 is 0 Å². The van der Waals surface area contributed by atoms with E-state index in [1.807, 2.05) is 13.8 Å². The lowest BCUT2D eigenvalue weighted by Crippen LogP contribution is -2.42. The summed E-state index contributed by atoms with van der Waals surface area (Å²) in [4.78, 5) is 23.9. The Morgan fingerprint density at radius 2 is 2.00 bits per heavy atom. The minimum atomic E-state index is -0.597. The molecule has 0 bridgehead atoms. The molecule has 1 aromatic rings. The predicted molar refractivity (Wildman–Crippen MR) is 87.8 cm³/mol. The van der Waals surface area contributed by atoms with Gasteiger partial charge in [0.1, 0.15) is 5.82 Å².